The van der Waals surface area contributed by atoms with Gasteiger partial charge in [-0.25, -0.2) is 19.9 Å². The third-order valence-corrected chi connectivity index (χ3v) is 6.52. The molecule has 0 aliphatic heterocycles. The van der Waals surface area contributed by atoms with Crippen LogP contribution in [0.1, 0.15) is 0 Å². The summed E-state index contributed by atoms with van der Waals surface area (Å²) in [4.78, 5) is 43.4. The fraction of sp³-hybridized carbons (Fsp3) is 0. The maximum absolute atomic E-state index is 13.9. The first-order valence-corrected chi connectivity index (χ1v) is 10.3. The molecule has 0 fully saturated rings. The first-order valence-electron chi connectivity index (χ1n) is 10.3. The summed E-state index contributed by atoms with van der Waals surface area (Å²) < 4.78 is 30.4. The maximum Gasteiger partial charge on any atom is 0.264 e. The van der Waals surface area contributed by atoms with E-state index in [1.807, 2.05) is 0 Å². The van der Waals surface area contributed by atoms with Crippen LogP contribution in [0.2, 0.25) is 0 Å². The molecule has 8 nitrogen and oxygen atoms in total. The molecule has 34 heavy (non-hydrogen) atoms. The SMILES string of the molecule is O=c1c2ccc3c4c(ccc(c24)c2nc4cnc(F)cc4n12)c(=O)n1c2cc(F)ncc2nc31. The molecule has 160 valence electrons. The van der Waals surface area contributed by atoms with Gasteiger partial charge in [-0.15, -0.1) is 0 Å². The fourth-order valence-electron chi connectivity index (χ4n) is 5.15. The van der Waals surface area contributed by atoms with Crippen molar-refractivity contribution >= 4 is 65.7 Å². The molecule has 0 aliphatic carbocycles. The van der Waals surface area contributed by atoms with E-state index in [1.54, 1.807) is 24.3 Å². The molecule has 10 heteroatoms. The van der Waals surface area contributed by atoms with E-state index in [1.165, 1.54) is 33.3 Å². The van der Waals surface area contributed by atoms with Crippen LogP contribution in [0.5, 0.6) is 0 Å². The molecule has 6 aromatic heterocycles. The van der Waals surface area contributed by atoms with Gasteiger partial charge in [0.2, 0.25) is 11.9 Å². The van der Waals surface area contributed by atoms with E-state index in [-0.39, 0.29) is 11.1 Å². The minimum Gasteiger partial charge on any atom is -0.268 e. The van der Waals surface area contributed by atoms with Gasteiger partial charge in [-0.3, -0.25) is 18.4 Å². The first kappa shape index (κ1) is 17.7. The smallest absolute Gasteiger partial charge is 0.264 e. The Morgan fingerprint density at radius 1 is 0.618 bits per heavy atom. The van der Waals surface area contributed by atoms with Gasteiger partial charge < -0.3 is 0 Å². The minimum absolute atomic E-state index is 0.318. The summed E-state index contributed by atoms with van der Waals surface area (Å²) >= 11 is 0. The molecule has 2 aromatic carbocycles. The van der Waals surface area contributed by atoms with E-state index < -0.39 is 11.9 Å². The highest BCUT2D eigenvalue weighted by molar-refractivity contribution is 6.27. The lowest BCUT2D eigenvalue weighted by Gasteiger charge is -2.12. The van der Waals surface area contributed by atoms with Gasteiger partial charge in [0.1, 0.15) is 22.3 Å². The summed E-state index contributed by atoms with van der Waals surface area (Å²) in [6.07, 6.45) is 2.57. The third-order valence-electron chi connectivity index (χ3n) is 6.52. The summed E-state index contributed by atoms with van der Waals surface area (Å²) in [5.74, 6) is -1.43. The number of benzene rings is 2. The average Bonchev–Trinajstić information content (AvgIpc) is 3.40. The molecule has 8 aromatic rings. The zero-order valence-electron chi connectivity index (χ0n) is 16.9. The molecular formula is C24H8F2N6O2. The molecular weight excluding hydrogens is 442 g/mol. The fourth-order valence-corrected chi connectivity index (χ4v) is 5.15. The largest absolute Gasteiger partial charge is 0.268 e. The summed E-state index contributed by atoms with van der Waals surface area (Å²) in [7, 11) is 0. The lowest BCUT2D eigenvalue weighted by molar-refractivity contribution is 0.585. The maximum atomic E-state index is 13.9. The quantitative estimate of drug-likeness (QED) is 0.260. The Labute approximate surface area is 185 Å². The second-order valence-corrected chi connectivity index (χ2v) is 8.21. The lowest BCUT2D eigenvalue weighted by Crippen LogP contribution is -2.16. The van der Waals surface area contributed by atoms with Crippen molar-refractivity contribution in [2.24, 2.45) is 0 Å². The van der Waals surface area contributed by atoms with Crippen LogP contribution in [0.15, 0.2) is 58.4 Å². The molecule has 0 unspecified atom stereocenters. The van der Waals surface area contributed by atoms with Gasteiger partial charge in [0, 0.05) is 44.5 Å². The lowest BCUT2D eigenvalue weighted by atomic mass is 9.96. The number of rotatable bonds is 0. The van der Waals surface area contributed by atoms with Gasteiger partial charge in [0.25, 0.3) is 11.1 Å². The van der Waals surface area contributed by atoms with E-state index in [4.69, 9.17) is 0 Å². The molecule has 0 saturated heterocycles. The summed E-state index contributed by atoms with van der Waals surface area (Å²) in [5, 5.41) is 3.16. The molecule has 0 N–H and O–H groups in total. The van der Waals surface area contributed by atoms with Crippen LogP contribution < -0.4 is 11.1 Å². The first-order chi connectivity index (χ1) is 16.5. The van der Waals surface area contributed by atoms with Crippen LogP contribution in [0.4, 0.5) is 8.78 Å². The van der Waals surface area contributed by atoms with Crippen LogP contribution in [0, 0.1) is 11.9 Å². The van der Waals surface area contributed by atoms with Crippen molar-refractivity contribution in [1.29, 1.82) is 0 Å². The Kier molecular flexibility index (Phi) is 2.88. The molecule has 8 rings (SSSR count). The molecule has 0 spiro atoms. The van der Waals surface area contributed by atoms with Crippen LogP contribution >= 0.6 is 0 Å². The number of aromatic nitrogens is 6. The Bertz CT molecular complexity index is 2140. The van der Waals surface area contributed by atoms with Gasteiger partial charge in [-0.05, 0) is 24.3 Å². The molecule has 0 bridgehead atoms. The van der Waals surface area contributed by atoms with Crippen molar-refractivity contribution in [3.05, 3.63) is 81.4 Å². The minimum atomic E-state index is -0.713. The molecule has 0 radical (unpaired) electrons. The number of hydrogen-bond donors (Lipinski definition) is 0. The highest BCUT2D eigenvalue weighted by Gasteiger charge is 2.22. The van der Waals surface area contributed by atoms with Gasteiger partial charge in [-0.1, -0.05) is 0 Å². The number of halogens is 2. The van der Waals surface area contributed by atoms with Crippen molar-refractivity contribution < 1.29 is 8.78 Å². The van der Waals surface area contributed by atoms with E-state index >= 15 is 0 Å². The topological polar surface area (TPSA) is 94.5 Å². The molecule has 0 amide bonds. The standard InChI is InChI=1S/C24H8F2N6O2/c25-17-5-15-13(7-27-17)29-21-9-1-3-11-20-10(2-4-12(19(9)20)24(34)31(15)21)22-30-14-8-28-18(26)6-16(14)32(22)23(11)33/h1-8H. The predicted octanol–water partition coefficient (Wildman–Crippen LogP) is 3.41. The molecule has 0 aliphatic rings. The second-order valence-electron chi connectivity index (χ2n) is 8.21. The summed E-state index contributed by atoms with van der Waals surface area (Å²) in [5.41, 5.74) is 1.35. The normalized spacial score (nSPS) is 12.6. The number of imidazole rings is 2. The van der Waals surface area contributed by atoms with E-state index in [9.17, 15) is 18.4 Å². The van der Waals surface area contributed by atoms with E-state index in [0.717, 1.165) is 0 Å². The van der Waals surface area contributed by atoms with Crippen molar-refractivity contribution in [3.8, 4) is 0 Å². The number of nitrogens with zero attached hydrogens (tertiary/aromatic N) is 6. The van der Waals surface area contributed by atoms with Crippen molar-refractivity contribution in [3.63, 3.8) is 0 Å². The second kappa shape index (κ2) is 5.54. The average molecular weight is 450 g/mol. The number of fused-ring (bicyclic) bond motifs is 8. The summed E-state index contributed by atoms with van der Waals surface area (Å²) in [6, 6.07) is 9.13. The predicted molar refractivity (Wildman–Crippen MR) is 122 cm³/mol. The number of hydrogen-bond acceptors (Lipinski definition) is 6. The summed E-state index contributed by atoms with van der Waals surface area (Å²) in [6.45, 7) is 0. The van der Waals surface area contributed by atoms with Crippen molar-refractivity contribution in [1.82, 2.24) is 28.7 Å². The molecule has 0 saturated carbocycles. The zero-order chi connectivity index (χ0) is 22.9. The van der Waals surface area contributed by atoms with Gasteiger partial charge in [-0.2, -0.15) is 8.78 Å². The number of pyridine rings is 4. The molecule has 0 atom stereocenters. The van der Waals surface area contributed by atoms with Gasteiger partial charge >= 0.3 is 0 Å². The van der Waals surface area contributed by atoms with E-state index in [2.05, 4.69) is 19.9 Å². The van der Waals surface area contributed by atoms with Crippen LogP contribution in [0.3, 0.4) is 0 Å². The Hall–Kier alpha value is -4.86. The third kappa shape index (κ3) is 1.89. The Balaban J connectivity index is 1.69. The van der Waals surface area contributed by atoms with Crippen LogP contribution in [0.25, 0.3) is 65.7 Å². The van der Waals surface area contributed by atoms with Gasteiger partial charge in [0.05, 0.1) is 23.4 Å². The molecule has 6 heterocycles. The van der Waals surface area contributed by atoms with E-state index in [0.29, 0.717) is 65.7 Å². The Morgan fingerprint density at radius 3 is 1.47 bits per heavy atom. The monoisotopic (exact) mass is 450 g/mol. The van der Waals surface area contributed by atoms with Gasteiger partial charge in [0.15, 0.2) is 0 Å². The van der Waals surface area contributed by atoms with Crippen LogP contribution in [-0.2, 0) is 0 Å². The highest BCUT2D eigenvalue weighted by Crippen LogP contribution is 2.36. The van der Waals surface area contributed by atoms with Crippen LogP contribution in [-0.4, -0.2) is 28.7 Å². The zero-order valence-corrected chi connectivity index (χ0v) is 16.9. The van der Waals surface area contributed by atoms with Crippen molar-refractivity contribution in [2.75, 3.05) is 0 Å². The highest BCUT2D eigenvalue weighted by atomic mass is 19.1. The Morgan fingerprint density at radius 2 is 1.03 bits per heavy atom. The van der Waals surface area contributed by atoms with Crippen molar-refractivity contribution in [2.45, 2.75) is 0 Å².